The van der Waals surface area contributed by atoms with Crippen LogP contribution in [0.5, 0.6) is 0 Å². The molecule has 166 valence electrons. The zero-order valence-corrected chi connectivity index (χ0v) is 18.7. The van der Waals surface area contributed by atoms with Gasteiger partial charge >= 0.3 is 12.0 Å². The third-order valence-electron chi connectivity index (χ3n) is 6.35. The molecule has 8 nitrogen and oxygen atoms in total. The van der Waals surface area contributed by atoms with Crippen LogP contribution >= 0.6 is 0 Å². The maximum absolute atomic E-state index is 12.6. The van der Waals surface area contributed by atoms with E-state index in [9.17, 15) is 19.2 Å². The minimum atomic E-state index is -0.981. The Bertz CT molecular complexity index is 962. The van der Waals surface area contributed by atoms with Gasteiger partial charge in [0.15, 0.2) is 12.4 Å². The molecule has 3 rings (SSSR count). The molecule has 2 aliphatic heterocycles. The number of esters is 1. The van der Waals surface area contributed by atoms with Gasteiger partial charge in [0.2, 0.25) is 0 Å². The van der Waals surface area contributed by atoms with E-state index in [1.54, 1.807) is 13.8 Å². The van der Waals surface area contributed by atoms with Crippen molar-refractivity contribution in [3.8, 4) is 0 Å². The maximum Gasteiger partial charge on any atom is 0.326 e. The van der Waals surface area contributed by atoms with Crippen molar-refractivity contribution in [1.82, 2.24) is 10.2 Å². The summed E-state index contributed by atoms with van der Waals surface area (Å²) in [6.07, 6.45) is 2.34. The van der Waals surface area contributed by atoms with Crippen LogP contribution in [-0.2, 0) is 24.5 Å². The van der Waals surface area contributed by atoms with Gasteiger partial charge in [-0.25, -0.2) is 4.79 Å². The van der Waals surface area contributed by atoms with Crippen molar-refractivity contribution in [3.05, 3.63) is 41.6 Å². The Labute approximate surface area is 182 Å². The first kappa shape index (κ1) is 22.5. The van der Waals surface area contributed by atoms with Gasteiger partial charge in [-0.3, -0.25) is 19.3 Å². The number of ketones is 1. The molecule has 8 heteroatoms. The Hall–Kier alpha value is -3.16. The van der Waals surface area contributed by atoms with E-state index in [1.165, 1.54) is 6.08 Å². The molecule has 1 aromatic rings. The zero-order valence-electron chi connectivity index (χ0n) is 18.7. The number of imide groups is 1. The number of benzene rings is 1. The van der Waals surface area contributed by atoms with Gasteiger partial charge < -0.3 is 15.0 Å². The molecule has 0 saturated carbocycles. The minimum Gasteiger partial charge on any atom is -0.456 e. The van der Waals surface area contributed by atoms with E-state index in [2.05, 4.69) is 5.32 Å². The maximum atomic E-state index is 12.6. The number of anilines is 1. The highest BCUT2D eigenvalue weighted by molar-refractivity contribution is 6.08. The number of nitrogens with zero attached hydrogens (tertiary/aromatic N) is 2. The standard InChI is InChI=1S/C23H29N3O5/c1-6-23(7-2)20(29)26(21(30)24-23)13-19(28)31-14-15(27)12-18-22(3,4)16-10-8-9-11-17(16)25(18)5/h8-12H,6-7,13-14H2,1-5H3,(H,24,30)/b18-12+. The van der Waals surface area contributed by atoms with Gasteiger partial charge in [0.25, 0.3) is 5.91 Å². The van der Waals surface area contributed by atoms with Crippen molar-refractivity contribution in [3.63, 3.8) is 0 Å². The summed E-state index contributed by atoms with van der Waals surface area (Å²) in [5.41, 5.74) is 1.60. The molecular weight excluding hydrogens is 398 g/mol. The molecule has 0 aromatic heterocycles. The second kappa shape index (κ2) is 8.17. The van der Waals surface area contributed by atoms with Crippen molar-refractivity contribution in [2.24, 2.45) is 0 Å². The quantitative estimate of drug-likeness (QED) is 0.408. The fourth-order valence-corrected chi connectivity index (χ4v) is 4.33. The van der Waals surface area contributed by atoms with E-state index >= 15 is 0 Å². The highest BCUT2D eigenvalue weighted by atomic mass is 16.5. The van der Waals surface area contributed by atoms with Crippen molar-refractivity contribution in [2.75, 3.05) is 25.1 Å². The van der Waals surface area contributed by atoms with Crippen molar-refractivity contribution >= 4 is 29.4 Å². The molecule has 1 saturated heterocycles. The summed E-state index contributed by atoms with van der Waals surface area (Å²) >= 11 is 0. The SMILES string of the molecule is CCC1(CC)NC(=O)N(CC(=O)OCC(=O)/C=C2/N(C)c3ccccc3C2(C)C)C1=O. The number of allylic oxidation sites excluding steroid dienone is 1. The fourth-order valence-electron chi connectivity index (χ4n) is 4.33. The molecule has 1 aromatic carbocycles. The number of nitrogens with one attached hydrogen (secondary N) is 1. The summed E-state index contributed by atoms with van der Waals surface area (Å²) in [6, 6.07) is 7.31. The van der Waals surface area contributed by atoms with Crippen LogP contribution in [0.2, 0.25) is 0 Å². The number of carbonyl (C=O) groups is 4. The molecule has 0 aliphatic carbocycles. The summed E-state index contributed by atoms with van der Waals surface area (Å²) in [5.74, 6) is -1.62. The Morgan fingerprint density at radius 2 is 1.77 bits per heavy atom. The summed E-state index contributed by atoms with van der Waals surface area (Å²) in [7, 11) is 1.89. The third-order valence-corrected chi connectivity index (χ3v) is 6.35. The van der Waals surface area contributed by atoms with E-state index in [0.717, 1.165) is 21.8 Å². The molecule has 0 unspecified atom stereocenters. The number of para-hydroxylation sites is 1. The summed E-state index contributed by atoms with van der Waals surface area (Å²) in [4.78, 5) is 52.2. The molecule has 3 amide bonds. The molecule has 0 radical (unpaired) electrons. The van der Waals surface area contributed by atoms with Gasteiger partial charge in [-0.05, 0) is 24.5 Å². The van der Waals surface area contributed by atoms with Crippen LogP contribution < -0.4 is 10.2 Å². The number of carbonyl (C=O) groups excluding carboxylic acids is 4. The fraction of sp³-hybridized carbons (Fsp3) is 0.478. The largest absolute Gasteiger partial charge is 0.456 e. The lowest BCUT2D eigenvalue weighted by Gasteiger charge is -2.24. The van der Waals surface area contributed by atoms with Crippen LogP contribution in [0.4, 0.5) is 10.5 Å². The number of hydrogen-bond donors (Lipinski definition) is 1. The van der Waals surface area contributed by atoms with E-state index in [0.29, 0.717) is 12.8 Å². The Balaban J connectivity index is 1.62. The highest BCUT2D eigenvalue weighted by Gasteiger charge is 2.49. The van der Waals surface area contributed by atoms with Crippen LogP contribution in [0.1, 0.15) is 46.1 Å². The second-order valence-corrected chi connectivity index (χ2v) is 8.47. The molecule has 0 bridgehead atoms. The highest BCUT2D eigenvalue weighted by Crippen LogP contribution is 2.46. The van der Waals surface area contributed by atoms with Gasteiger partial charge in [-0.15, -0.1) is 0 Å². The molecule has 0 atom stereocenters. The predicted molar refractivity (Wildman–Crippen MR) is 115 cm³/mol. The normalized spacial score (nSPS) is 20.1. The first-order valence-electron chi connectivity index (χ1n) is 10.5. The number of rotatable bonds is 7. The first-order chi connectivity index (χ1) is 14.6. The predicted octanol–water partition coefficient (Wildman–Crippen LogP) is 2.52. The molecule has 1 fully saturated rings. The minimum absolute atomic E-state index is 0.366. The molecule has 0 spiro atoms. The Kier molecular flexibility index (Phi) is 5.93. The van der Waals surface area contributed by atoms with E-state index in [4.69, 9.17) is 4.74 Å². The summed E-state index contributed by atoms with van der Waals surface area (Å²) in [6.45, 7) is 6.69. The number of urea groups is 1. The van der Waals surface area contributed by atoms with Gasteiger partial charge in [0, 0.05) is 29.9 Å². The van der Waals surface area contributed by atoms with E-state index in [-0.39, 0.29) is 11.2 Å². The Morgan fingerprint density at radius 1 is 1.13 bits per heavy atom. The lowest BCUT2D eigenvalue weighted by Crippen LogP contribution is -2.46. The number of fused-ring (bicyclic) bond motifs is 1. The monoisotopic (exact) mass is 427 g/mol. The van der Waals surface area contributed by atoms with Crippen LogP contribution in [0, 0.1) is 0 Å². The van der Waals surface area contributed by atoms with Crippen LogP contribution in [-0.4, -0.2) is 54.3 Å². The lowest BCUT2D eigenvalue weighted by atomic mass is 9.83. The number of likely N-dealkylation sites (N-methyl/N-ethyl adjacent to an activating group) is 1. The van der Waals surface area contributed by atoms with Gasteiger partial charge in [0.1, 0.15) is 12.1 Å². The number of ether oxygens (including phenoxy) is 1. The topological polar surface area (TPSA) is 96.0 Å². The van der Waals surface area contributed by atoms with E-state index < -0.39 is 36.6 Å². The first-order valence-corrected chi connectivity index (χ1v) is 10.5. The van der Waals surface area contributed by atoms with Crippen LogP contribution in [0.25, 0.3) is 0 Å². The van der Waals surface area contributed by atoms with Crippen LogP contribution in [0.15, 0.2) is 36.0 Å². The third kappa shape index (κ3) is 3.82. The van der Waals surface area contributed by atoms with Gasteiger partial charge in [-0.1, -0.05) is 45.9 Å². The van der Waals surface area contributed by atoms with Crippen molar-refractivity contribution in [1.29, 1.82) is 0 Å². The Morgan fingerprint density at radius 3 is 2.35 bits per heavy atom. The number of hydrogen-bond acceptors (Lipinski definition) is 6. The molecular formula is C23H29N3O5. The van der Waals surface area contributed by atoms with Gasteiger partial charge in [-0.2, -0.15) is 0 Å². The smallest absolute Gasteiger partial charge is 0.326 e. The molecule has 31 heavy (non-hydrogen) atoms. The lowest BCUT2D eigenvalue weighted by molar-refractivity contribution is -0.150. The average molecular weight is 428 g/mol. The van der Waals surface area contributed by atoms with Crippen LogP contribution in [0.3, 0.4) is 0 Å². The van der Waals surface area contributed by atoms with E-state index in [1.807, 2.05) is 50.1 Å². The average Bonchev–Trinajstić information content (AvgIpc) is 3.10. The molecule has 2 heterocycles. The second-order valence-electron chi connectivity index (χ2n) is 8.47. The van der Waals surface area contributed by atoms with Crippen molar-refractivity contribution in [2.45, 2.75) is 51.5 Å². The number of amides is 3. The summed E-state index contributed by atoms with van der Waals surface area (Å²) in [5, 5.41) is 2.66. The zero-order chi connectivity index (χ0) is 23.0. The van der Waals surface area contributed by atoms with Crippen molar-refractivity contribution < 1.29 is 23.9 Å². The summed E-state index contributed by atoms with van der Waals surface area (Å²) < 4.78 is 5.06. The molecule has 1 N–H and O–H groups in total. The van der Waals surface area contributed by atoms with Gasteiger partial charge in [0.05, 0.1) is 0 Å². The molecule has 2 aliphatic rings.